The van der Waals surface area contributed by atoms with Crippen LogP contribution in [-0.4, -0.2) is 26.7 Å². The molecule has 0 saturated heterocycles. The van der Waals surface area contributed by atoms with Gasteiger partial charge >= 0.3 is 0 Å². The summed E-state index contributed by atoms with van der Waals surface area (Å²) in [5.74, 6) is 0.280. The second kappa shape index (κ2) is 8.71. The second-order valence-electron chi connectivity index (χ2n) is 7.16. The Hall–Kier alpha value is -3.77. The summed E-state index contributed by atoms with van der Waals surface area (Å²) in [5, 5.41) is 10.9. The molecule has 0 radical (unpaired) electrons. The molecule has 0 spiro atoms. The highest BCUT2D eigenvalue weighted by atomic mass is 16.2. The van der Waals surface area contributed by atoms with E-state index in [4.69, 9.17) is 5.73 Å². The van der Waals surface area contributed by atoms with Gasteiger partial charge in [0.05, 0.1) is 6.04 Å². The molecular formula is C24H25N5O. The van der Waals surface area contributed by atoms with E-state index in [-0.39, 0.29) is 13.3 Å². The van der Waals surface area contributed by atoms with E-state index in [1.807, 2.05) is 96.5 Å². The Morgan fingerprint density at radius 1 is 0.933 bits per heavy atom. The largest absolute Gasteiger partial charge is 0.325 e. The number of aromatic nitrogens is 3. The van der Waals surface area contributed by atoms with E-state index in [0.29, 0.717) is 5.69 Å². The van der Waals surface area contributed by atoms with E-state index in [1.54, 1.807) is 6.33 Å². The smallest absolute Gasteiger partial charge is 0.242 e. The maximum Gasteiger partial charge on any atom is 0.242 e. The lowest BCUT2D eigenvalue weighted by molar-refractivity contribution is -0.117. The van der Waals surface area contributed by atoms with E-state index in [1.165, 1.54) is 0 Å². The quantitative estimate of drug-likeness (QED) is 0.516. The van der Waals surface area contributed by atoms with Crippen molar-refractivity contribution in [1.29, 1.82) is 0 Å². The highest BCUT2D eigenvalue weighted by Gasteiger charge is 2.27. The minimum absolute atomic E-state index is 0. The molecule has 0 aliphatic heterocycles. The van der Waals surface area contributed by atoms with Crippen molar-refractivity contribution in [2.75, 3.05) is 5.32 Å². The molecule has 0 bridgehead atoms. The maximum absolute atomic E-state index is 13.0. The van der Waals surface area contributed by atoms with Crippen molar-refractivity contribution in [2.24, 2.45) is 12.8 Å². The molecule has 0 fully saturated rings. The number of benzene rings is 3. The summed E-state index contributed by atoms with van der Waals surface area (Å²) in [4.78, 5) is 13.0. The number of aryl methyl sites for hydroxylation is 1. The maximum atomic E-state index is 13.0. The normalized spacial score (nSPS) is 12.0. The summed E-state index contributed by atoms with van der Waals surface area (Å²) in [6.45, 7) is 0. The molecule has 0 aliphatic carbocycles. The molecule has 4 rings (SSSR count). The zero-order chi connectivity index (χ0) is 20.9. The average Bonchev–Trinajstić information content (AvgIpc) is 3.22. The average molecular weight is 399 g/mol. The van der Waals surface area contributed by atoms with Crippen molar-refractivity contribution in [1.82, 2.24) is 14.8 Å². The highest BCUT2D eigenvalue weighted by molar-refractivity contribution is 5.96. The van der Waals surface area contributed by atoms with Gasteiger partial charge in [0.2, 0.25) is 5.91 Å². The van der Waals surface area contributed by atoms with Gasteiger partial charge in [-0.15, -0.1) is 10.2 Å². The molecule has 3 aromatic carbocycles. The van der Waals surface area contributed by atoms with E-state index in [0.717, 1.165) is 22.5 Å². The van der Waals surface area contributed by atoms with Gasteiger partial charge in [-0.3, -0.25) is 4.79 Å². The fourth-order valence-corrected chi connectivity index (χ4v) is 3.55. The first-order chi connectivity index (χ1) is 14.6. The lowest BCUT2D eigenvalue weighted by atomic mass is 9.85. The van der Waals surface area contributed by atoms with Crippen LogP contribution in [0.15, 0.2) is 91.3 Å². The van der Waals surface area contributed by atoms with Crippen LogP contribution in [-0.2, 0) is 11.8 Å². The van der Waals surface area contributed by atoms with Crippen molar-refractivity contribution in [3.63, 3.8) is 0 Å². The number of carbonyl (C=O) groups is 1. The van der Waals surface area contributed by atoms with Crippen molar-refractivity contribution in [3.8, 4) is 11.4 Å². The van der Waals surface area contributed by atoms with Gasteiger partial charge in [0, 0.05) is 25.6 Å². The molecule has 6 heteroatoms. The number of rotatable bonds is 6. The van der Waals surface area contributed by atoms with Crippen molar-refractivity contribution in [2.45, 2.75) is 12.0 Å². The first kappa shape index (κ1) is 19.5. The number of anilines is 1. The molecule has 1 atom stereocenters. The predicted molar refractivity (Wildman–Crippen MR) is 120 cm³/mol. The van der Waals surface area contributed by atoms with Crippen molar-refractivity contribution in [3.05, 3.63) is 102 Å². The number of nitrogens with one attached hydrogen (secondary N) is 1. The zero-order valence-corrected chi connectivity index (χ0v) is 16.6. The predicted octanol–water partition coefficient (Wildman–Crippen LogP) is 3.83. The molecular weight excluding hydrogens is 374 g/mol. The van der Waals surface area contributed by atoms with Gasteiger partial charge in [-0.25, -0.2) is 0 Å². The minimum atomic E-state index is -0.742. The molecule has 3 N–H and O–H groups in total. The zero-order valence-electron chi connectivity index (χ0n) is 16.6. The Bertz CT molecular complexity index is 1070. The Balaban J connectivity index is 0.00000272. The van der Waals surface area contributed by atoms with Gasteiger partial charge in [-0.1, -0.05) is 60.7 Å². The Morgan fingerprint density at radius 2 is 1.50 bits per heavy atom. The summed E-state index contributed by atoms with van der Waals surface area (Å²) in [5.41, 5.74) is 10.1. The van der Waals surface area contributed by atoms with Gasteiger partial charge in [0.15, 0.2) is 5.82 Å². The summed E-state index contributed by atoms with van der Waals surface area (Å²) in [6, 6.07) is 26.5. The lowest BCUT2D eigenvalue weighted by Gasteiger charge is -2.24. The molecule has 1 aromatic heterocycles. The molecule has 1 amide bonds. The van der Waals surface area contributed by atoms with E-state index < -0.39 is 6.04 Å². The number of hydrogen-bond donors (Lipinski definition) is 2. The number of nitrogens with zero attached hydrogens (tertiary/aromatic N) is 3. The second-order valence-corrected chi connectivity index (χ2v) is 7.16. The first-order valence-corrected chi connectivity index (χ1v) is 9.74. The fourth-order valence-electron chi connectivity index (χ4n) is 3.55. The number of carbonyl (C=O) groups excluding carboxylic acids is 1. The Labute approximate surface area is 176 Å². The monoisotopic (exact) mass is 399 g/mol. The van der Waals surface area contributed by atoms with Crippen LogP contribution in [0.2, 0.25) is 0 Å². The third kappa shape index (κ3) is 4.14. The van der Waals surface area contributed by atoms with Gasteiger partial charge in [0.25, 0.3) is 0 Å². The standard InChI is InChI=1S/C24H23N5O.H2/c1-29-16-26-28-23(29)19-12-14-20(15-13-19)27-24(30)22(25)21(17-8-4-2-5-9-17)18-10-6-3-7-11-18;/h2-16,21-22H,25H2,1H3,(H,27,30);1H/t22-;/m0./s1. The molecule has 152 valence electrons. The number of hydrogen-bond acceptors (Lipinski definition) is 4. The molecule has 30 heavy (non-hydrogen) atoms. The van der Waals surface area contributed by atoms with Gasteiger partial charge < -0.3 is 15.6 Å². The summed E-state index contributed by atoms with van der Waals surface area (Å²) in [6.07, 6.45) is 1.65. The minimum Gasteiger partial charge on any atom is -0.325 e. The summed E-state index contributed by atoms with van der Waals surface area (Å²) < 4.78 is 1.84. The van der Waals surface area contributed by atoms with E-state index >= 15 is 0 Å². The fraction of sp³-hybridized carbons (Fsp3) is 0.125. The van der Waals surface area contributed by atoms with Gasteiger partial charge in [-0.05, 0) is 35.4 Å². The van der Waals surface area contributed by atoms with Crippen LogP contribution in [0.5, 0.6) is 0 Å². The molecule has 1 heterocycles. The van der Waals surface area contributed by atoms with Crippen molar-refractivity contribution < 1.29 is 6.22 Å². The first-order valence-electron chi connectivity index (χ1n) is 9.74. The van der Waals surface area contributed by atoms with Crippen LogP contribution >= 0.6 is 0 Å². The summed E-state index contributed by atoms with van der Waals surface area (Å²) >= 11 is 0. The topological polar surface area (TPSA) is 85.8 Å². The van der Waals surface area contributed by atoms with Gasteiger partial charge in [0.1, 0.15) is 6.33 Å². The molecule has 0 saturated carbocycles. The van der Waals surface area contributed by atoms with Crippen LogP contribution < -0.4 is 11.1 Å². The van der Waals surface area contributed by atoms with Crippen LogP contribution in [0.3, 0.4) is 0 Å². The van der Waals surface area contributed by atoms with Crippen LogP contribution in [0.1, 0.15) is 18.5 Å². The van der Waals surface area contributed by atoms with Crippen LogP contribution in [0.4, 0.5) is 5.69 Å². The molecule has 0 unspecified atom stereocenters. The third-order valence-electron chi connectivity index (χ3n) is 5.10. The molecule has 0 aliphatic rings. The lowest BCUT2D eigenvalue weighted by Crippen LogP contribution is -2.41. The van der Waals surface area contributed by atoms with Gasteiger partial charge in [-0.2, -0.15) is 0 Å². The molecule has 6 nitrogen and oxygen atoms in total. The third-order valence-corrected chi connectivity index (χ3v) is 5.10. The SMILES string of the molecule is Cn1cnnc1-c1ccc(NC(=O)[C@@H](N)C(c2ccccc2)c2ccccc2)cc1.[HH]. The number of amides is 1. The summed E-state index contributed by atoms with van der Waals surface area (Å²) in [7, 11) is 1.89. The highest BCUT2D eigenvalue weighted by Crippen LogP contribution is 2.28. The molecule has 4 aromatic rings. The van der Waals surface area contributed by atoms with E-state index in [9.17, 15) is 4.79 Å². The Kier molecular flexibility index (Phi) is 5.68. The van der Waals surface area contributed by atoms with Crippen LogP contribution in [0, 0.1) is 0 Å². The van der Waals surface area contributed by atoms with Crippen molar-refractivity contribution >= 4 is 11.6 Å². The Morgan fingerprint density at radius 3 is 2.00 bits per heavy atom. The van der Waals surface area contributed by atoms with Crippen LogP contribution in [0.25, 0.3) is 11.4 Å². The number of nitrogens with two attached hydrogens (primary N) is 1. The van der Waals surface area contributed by atoms with E-state index in [2.05, 4.69) is 15.5 Å².